The van der Waals surface area contributed by atoms with E-state index in [1.54, 1.807) is 50.6 Å². The Morgan fingerprint density at radius 3 is 2.64 bits per heavy atom. The first-order chi connectivity index (χ1) is 12.1. The molecule has 128 valence electrons. The van der Waals surface area contributed by atoms with Crippen molar-refractivity contribution in [2.45, 2.75) is 0 Å². The lowest BCUT2D eigenvalue weighted by atomic mass is 10.2. The van der Waals surface area contributed by atoms with Crippen LogP contribution < -0.4 is 9.47 Å². The number of nitrogens with zero attached hydrogens (tertiary/aromatic N) is 3. The molecule has 0 saturated heterocycles. The Bertz CT molecular complexity index is 981. The molecule has 2 aromatic carbocycles. The van der Waals surface area contributed by atoms with Gasteiger partial charge in [-0.05, 0) is 36.5 Å². The van der Waals surface area contributed by atoms with Gasteiger partial charge in [0.1, 0.15) is 5.82 Å². The van der Waals surface area contributed by atoms with Gasteiger partial charge in [0.05, 0.1) is 20.4 Å². The minimum absolute atomic E-state index is 0.289. The first-order valence-electron chi connectivity index (χ1n) is 7.32. The molecule has 0 aliphatic heterocycles. The molecule has 0 bridgehead atoms. The normalized spacial score (nSPS) is 11.0. The molecular formula is C17H15FN4O2S. The third kappa shape index (κ3) is 3.43. The number of aromatic amines is 1. The van der Waals surface area contributed by atoms with Crippen LogP contribution in [0.25, 0.3) is 11.4 Å². The van der Waals surface area contributed by atoms with E-state index >= 15 is 0 Å². The second-order valence-corrected chi connectivity index (χ2v) is 5.39. The molecule has 0 aliphatic rings. The minimum Gasteiger partial charge on any atom is -0.493 e. The second-order valence-electron chi connectivity index (χ2n) is 5.00. The average molecular weight is 358 g/mol. The zero-order valence-corrected chi connectivity index (χ0v) is 14.4. The van der Waals surface area contributed by atoms with E-state index < -0.39 is 0 Å². The van der Waals surface area contributed by atoms with Crippen LogP contribution in [-0.2, 0) is 0 Å². The van der Waals surface area contributed by atoms with Gasteiger partial charge in [-0.15, -0.1) is 0 Å². The molecule has 0 unspecified atom stereocenters. The van der Waals surface area contributed by atoms with Crippen LogP contribution >= 0.6 is 12.2 Å². The molecule has 0 radical (unpaired) electrons. The zero-order chi connectivity index (χ0) is 17.8. The fraction of sp³-hybridized carbons (Fsp3) is 0.118. The van der Waals surface area contributed by atoms with Crippen LogP contribution in [-0.4, -0.2) is 35.3 Å². The van der Waals surface area contributed by atoms with Crippen molar-refractivity contribution in [3.63, 3.8) is 0 Å². The van der Waals surface area contributed by atoms with Crippen molar-refractivity contribution in [2.75, 3.05) is 14.2 Å². The summed E-state index contributed by atoms with van der Waals surface area (Å²) >= 11 is 5.21. The summed E-state index contributed by atoms with van der Waals surface area (Å²) in [6.07, 6.45) is 1.39. The minimum atomic E-state index is -0.367. The van der Waals surface area contributed by atoms with E-state index in [2.05, 4.69) is 15.3 Å². The molecule has 0 aliphatic carbocycles. The lowest BCUT2D eigenvalue weighted by molar-refractivity contribution is 0.355. The largest absolute Gasteiger partial charge is 0.493 e. The van der Waals surface area contributed by atoms with Crippen molar-refractivity contribution >= 4 is 18.4 Å². The molecule has 8 heteroatoms. The topological polar surface area (TPSA) is 64.4 Å². The fourth-order valence-electron chi connectivity index (χ4n) is 2.26. The second kappa shape index (κ2) is 7.27. The van der Waals surface area contributed by atoms with Crippen LogP contribution in [0.1, 0.15) is 5.56 Å². The molecular weight excluding hydrogens is 343 g/mol. The average Bonchev–Trinajstić information content (AvgIpc) is 3.01. The molecule has 3 aromatic rings. The molecule has 0 saturated carbocycles. The summed E-state index contributed by atoms with van der Waals surface area (Å²) in [7, 11) is 3.11. The third-order valence-electron chi connectivity index (χ3n) is 3.51. The number of hydrogen-bond acceptors (Lipinski definition) is 5. The van der Waals surface area contributed by atoms with Crippen LogP contribution in [0.15, 0.2) is 47.6 Å². The number of hydrogen-bond donors (Lipinski definition) is 1. The Hall–Kier alpha value is -3.00. The van der Waals surface area contributed by atoms with E-state index in [0.717, 1.165) is 5.56 Å². The smallest absolute Gasteiger partial charge is 0.216 e. The van der Waals surface area contributed by atoms with Crippen LogP contribution in [0.5, 0.6) is 11.5 Å². The number of H-pyrrole nitrogens is 1. The highest BCUT2D eigenvalue weighted by Gasteiger charge is 2.12. The summed E-state index contributed by atoms with van der Waals surface area (Å²) in [4.78, 5) is 0. The van der Waals surface area contributed by atoms with Crippen molar-refractivity contribution in [3.05, 3.63) is 58.6 Å². The Morgan fingerprint density at radius 2 is 1.92 bits per heavy atom. The molecule has 0 amide bonds. The monoisotopic (exact) mass is 358 g/mol. The maximum Gasteiger partial charge on any atom is 0.216 e. The van der Waals surface area contributed by atoms with Crippen molar-refractivity contribution < 1.29 is 13.9 Å². The van der Waals surface area contributed by atoms with Gasteiger partial charge in [-0.3, -0.25) is 0 Å². The van der Waals surface area contributed by atoms with E-state index in [9.17, 15) is 4.39 Å². The number of nitrogens with one attached hydrogen (secondary N) is 1. The fourth-order valence-corrected chi connectivity index (χ4v) is 2.44. The molecule has 1 N–H and O–H groups in total. The predicted molar refractivity (Wildman–Crippen MR) is 95.3 cm³/mol. The van der Waals surface area contributed by atoms with Gasteiger partial charge < -0.3 is 9.47 Å². The summed E-state index contributed by atoms with van der Waals surface area (Å²) in [6, 6.07) is 11.7. The Labute approximate surface area is 148 Å². The molecule has 6 nitrogen and oxygen atoms in total. The maximum absolute atomic E-state index is 13.7. The zero-order valence-electron chi connectivity index (χ0n) is 13.6. The summed E-state index contributed by atoms with van der Waals surface area (Å²) in [5.74, 6) is 1.26. The molecule has 3 rings (SSSR count). The van der Waals surface area contributed by atoms with E-state index in [4.69, 9.17) is 21.7 Å². The quantitative estimate of drug-likeness (QED) is 0.559. The summed E-state index contributed by atoms with van der Waals surface area (Å²) < 4.78 is 26.0. The van der Waals surface area contributed by atoms with Gasteiger partial charge in [-0.1, -0.05) is 18.2 Å². The van der Waals surface area contributed by atoms with Crippen LogP contribution in [0.2, 0.25) is 0 Å². The van der Waals surface area contributed by atoms with E-state index in [-0.39, 0.29) is 10.6 Å². The number of aromatic nitrogens is 3. The van der Waals surface area contributed by atoms with Crippen molar-refractivity contribution in [2.24, 2.45) is 5.10 Å². The molecule has 1 heterocycles. The van der Waals surface area contributed by atoms with Crippen LogP contribution in [0.3, 0.4) is 0 Å². The van der Waals surface area contributed by atoms with Gasteiger partial charge in [0.25, 0.3) is 0 Å². The highest BCUT2D eigenvalue weighted by atomic mass is 32.1. The first kappa shape index (κ1) is 16.8. The molecule has 0 spiro atoms. The van der Waals surface area contributed by atoms with E-state index in [0.29, 0.717) is 22.9 Å². The highest BCUT2D eigenvalue weighted by Crippen LogP contribution is 2.31. The number of benzene rings is 2. The van der Waals surface area contributed by atoms with Crippen LogP contribution in [0.4, 0.5) is 4.39 Å². The van der Waals surface area contributed by atoms with Gasteiger partial charge in [0, 0.05) is 11.1 Å². The summed E-state index contributed by atoms with van der Waals surface area (Å²) in [6.45, 7) is 0. The Morgan fingerprint density at radius 1 is 1.16 bits per heavy atom. The van der Waals surface area contributed by atoms with Gasteiger partial charge in [0.2, 0.25) is 4.77 Å². The highest BCUT2D eigenvalue weighted by molar-refractivity contribution is 7.71. The first-order valence-corrected chi connectivity index (χ1v) is 7.73. The molecule has 1 aromatic heterocycles. The molecule has 0 fully saturated rings. The van der Waals surface area contributed by atoms with Crippen molar-refractivity contribution in [1.29, 1.82) is 0 Å². The standard InChI is InChI=1S/C17H15FN4O2S/c1-23-14-8-7-11(9-15(14)24-2)16-20-21-17(25)22(16)19-10-12-5-3-4-6-13(12)18/h3-10H,1-2H3,(H,21,25)/b19-10-. The third-order valence-corrected chi connectivity index (χ3v) is 3.77. The van der Waals surface area contributed by atoms with Crippen LogP contribution in [0, 0.1) is 10.6 Å². The van der Waals surface area contributed by atoms with Crippen molar-refractivity contribution in [1.82, 2.24) is 14.9 Å². The SMILES string of the molecule is COc1ccc(-c2n[nH]c(=S)n2/N=C\c2ccccc2F)cc1OC. The molecule has 25 heavy (non-hydrogen) atoms. The number of methoxy groups -OCH3 is 2. The number of halogens is 1. The number of rotatable bonds is 5. The summed E-state index contributed by atoms with van der Waals surface area (Å²) in [5, 5.41) is 11.1. The Balaban J connectivity index is 2.03. The van der Waals surface area contributed by atoms with Gasteiger partial charge in [-0.25, -0.2) is 9.49 Å². The lowest BCUT2D eigenvalue weighted by Gasteiger charge is -2.09. The van der Waals surface area contributed by atoms with Gasteiger partial charge in [-0.2, -0.15) is 14.9 Å². The Kier molecular flexibility index (Phi) is 4.90. The number of ether oxygens (including phenoxy) is 2. The van der Waals surface area contributed by atoms with Gasteiger partial charge in [0.15, 0.2) is 17.3 Å². The lowest BCUT2D eigenvalue weighted by Crippen LogP contribution is -1.97. The van der Waals surface area contributed by atoms with Crippen molar-refractivity contribution in [3.8, 4) is 22.9 Å². The summed E-state index contributed by atoms with van der Waals surface area (Å²) in [5.41, 5.74) is 1.07. The van der Waals surface area contributed by atoms with Gasteiger partial charge >= 0.3 is 0 Å². The predicted octanol–water partition coefficient (Wildman–Crippen LogP) is 3.65. The molecule has 0 atom stereocenters. The van der Waals surface area contributed by atoms with E-state index in [1.807, 2.05) is 0 Å². The van der Waals surface area contributed by atoms with E-state index in [1.165, 1.54) is 17.0 Å². The maximum atomic E-state index is 13.7.